The van der Waals surface area contributed by atoms with Crippen LogP contribution in [0.5, 0.6) is 17.2 Å². The first-order chi connectivity index (χ1) is 10.0. The molecule has 110 valence electrons. The topological polar surface area (TPSA) is 81.8 Å². The lowest BCUT2D eigenvalue weighted by molar-refractivity contribution is -0.385. The van der Waals surface area contributed by atoms with Crippen LogP contribution < -0.4 is 9.47 Å². The Hall–Kier alpha value is -2.67. The molecule has 0 bridgehead atoms. The van der Waals surface area contributed by atoms with Crippen LogP contribution in [-0.2, 0) is 6.61 Å². The molecule has 0 amide bonds. The van der Waals surface area contributed by atoms with Crippen LogP contribution in [0.15, 0.2) is 36.4 Å². The Kier molecular flexibility index (Phi) is 4.34. The normalized spacial score (nSPS) is 10.2. The molecular weight excluding hydrogens is 281 g/mol. The Balaban J connectivity index is 2.40. The van der Waals surface area contributed by atoms with Crippen molar-refractivity contribution in [3.63, 3.8) is 0 Å². The molecule has 2 aromatic carbocycles. The Morgan fingerprint density at radius 1 is 1.24 bits per heavy atom. The largest absolute Gasteiger partial charge is 0.497 e. The van der Waals surface area contributed by atoms with E-state index in [1.165, 1.54) is 37.4 Å². The Bertz CT molecular complexity index is 674. The average Bonchev–Trinajstić information content (AvgIpc) is 2.48. The Labute approximate surface area is 119 Å². The van der Waals surface area contributed by atoms with Gasteiger partial charge in [-0.05, 0) is 23.8 Å². The van der Waals surface area contributed by atoms with E-state index in [9.17, 15) is 14.5 Å². The smallest absolute Gasteiger partial charge is 0.311 e. The van der Waals surface area contributed by atoms with Gasteiger partial charge in [0.2, 0.25) is 5.75 Å². The van der Waals surface area contributed by atoms with E-state index in [4.69, 9.17) is 14.6 Å². The maximum atomic E-state index is 13.8. The molecular formula is C14H12FNO5. The third kappa shape index (κ3) is 3.26. The van der Waals surface area contributed by atoms with Crippen LogP contribution >= 0.6 is 0 Å². The molecule has 21 heavy (non-hydrogen) atoms. The molecule has 2 rings (SSSR count). The minimum atomic E-state index is -0.723. The fourth-order valence-electron chi connectivity index (χ4n) is 1.70. The number of hydrogen-bond donors (Lipinski definition) is 1. The van der Waals surface area contributed by atoms with E-state index in [-0.39, 0.29) is 23.8 Å². The molecule has 0 radical (unpaired) electrons. The third-order valence-corrected chi connectivity index (χ3v) is 2.76. The van der Waals surface area contributed by atoms with Crippen molar-refractivity contribution < 1.29 is 23.9 Å². The molecule has 0 spiro atoms. The fourth-order valence-corrected chi connectivity index (χ4v) is 1.70. The zero-order valence-electron chi connectivity index (χ0n) is 11.1. The second kappa shape index (κ2) is 6.19. The average molecular weight is 293 g/mol. The summed E-state index contributed by atoms with van der Waals surface area (Å²) in [5.74, 6) is -0.680. The standard InChI is InChI=1S/C14H12FNO5/c1-20-10-3-4-12(16(18)19)14(7-10)21-13-5-2-9(8-17)6-11(13)15/h2-7,17H,8H2,1H3. The van der Waals surface area contributed by atoms with Gasteiger partial charge in [-0.15, -0.1) is 0 Å². The van der Waals surface area contributed by atoms with Crippen LogP contribution in [0.4, 0.5) is 10.1 Å². The lowest BCUT2D eigenvalue weighted by Gasteiger charge is -2.09. The van der Waals surface area contributed by atoms with Gasteiger partial charge in [-0.25, -0.2) is 4.39 Å². The van der Waals surface area contributed by atoms with Gasteiger partial charge in [0, 0.05) is 12.1 Å². The highest BCUT2D eigenvalue weighted by Crippen LogP contribution is 2.35. The van der Waals surface area contributed by atoms with Crippen molar-refractivity contribution >= 4 is 5.69 Å². The van der Waals surface area contributed by atoms with Gasteiger partial charge in [-0.1, -0.05) is 6.07 Å². The first-order valence-corrected chi connectivity index (χ1v) is 5.94. The summed E-state index contributed by atoms with van der Waals surface area (Å²) in [7, 11) is 1.40. The molecule has 0 atom stereocenters. The second-order valence-electron chi connectivity index (χ2n) is 4.12. The molecule has 0 saturated carbocycles. The predicted molar refractivity (Wildman–Crippen MR) is 72.0 cm³/mol. The number of aliphatic hydroxyl groups excluding tert-OH is 1. The number of aliphatic hydroxyl groups is 1. The van der Waals surface area contributed by atoms with E-state index >= 15 is 0 Å². The second-order valence-corrected chi connectivity index (χ2v) is 4.12. The van der Waals surface area contributed by atoms with Gasteiger partial charge in [-0.3, -0.25) is 10.1 Å². The highest BCUT2D eigenvalue weighted by atomic mass is 19.1. The number of halogens is 1. The summed E-state index contributed by atoms with van der Waals surface area (Å²) in [6.07, 6.45) is 0. The van der Waals surface area contributed by atoms with Crippen LogP contribution in [0.25, 0.3) is 0 Å². The zero-order chi connectivity index (χ0) is 15.4. The molecule has 0 saturated heterocycles. The van der Waals surface area contributed by atoms with Crippen LogP contribution in [0.3, 0.4) is 0 Å². The maximum absolute atomic E-state index is 13.8. The predicted octanol–water partition coefficient (Wildman–Crippen LogP) is 3.03. The molecule has 0 aromatic heterocycles. The molecule has 1 N–H and O–H groups in total. The lowest BCUT2D eigenvalue weighted by atomic mass is 10.2. The van der Waals surface area contributed by atoms with Crippen molar-refractivity contribution in [1.29, 1.82) is 0 Å². The molecule has 2 aromatic rings. The molecule has 0 aliphatic heterocycles. The SMILES string of the molecule is COc1ccc([N+](=O)[O-])c(Oc2ccc(CO)cc2F)c1. The summed E-state index contributed by atoms with van der Waals surface area (Å²) in [5.41, 5.74) is 0.0708. The molecule has 7 heteroatoms. The summed E-state index contributed by atoms with van der Waals surface area (Å²) in [6.45, 7) is -0.309. The van der Waals surface area contributed by atoms with Crippen molar-refractivity contribution in [2.75, 3.05) is 7.11 Å². The Morgan fingerprint density at radius 2 is 2.00 bits per heavy atom. The van der Waals surface area contributed by atoms with Crippen LogP contribution in [0, 0.1) is 15.9 Å². The van der Waals surface area contributed by atoms with Crippen molar-refractivity contribution in [3.05, 3.63) is 57.9 Å². The molecule has 6 nitrogen and oxygen atoms in total. The number of methoxy groups -OCH3 is 1. The summed E-state index contributed by atoms with van der Waals surface area (Å²) < 4.78 is 24.0. The minimum absolute atomic E-state index is 0.130. The molecule has 0 unspecified atom stereocenters. The fraction of sp³-hybridized carbons (Fsp3) is 0.143. The lowest BCUT2D eigenvalue weighted by Crippen LogP contribution is -1.96. The number of ether oxygens (including phenoxy) is 2. The molecule has 0 aliphatic carbocycles. The maximum Gasteiger partial charge on any atom is 0.311 e. The zero-order valence-corrected chi connectivity index (χ0v) is 11.1. The van der Waals surface area contributed by atoms with Gasteiger partial charge < -0.3 is 14.6 Å². The number of hydrogen-bond acceptors (Lipinski definition) is 5. The van der Waals surface area contributed by atoms with E-state index in [0.29, 0.717) is 11.3 Å². The number of nitrogens with zero attached hydrogens (tertiary/aromatic N) is 1. The van der Waals surface area contributed by atoms with Crippen molar-refractivity contribution in [1.82, 2.24) is 0 Å². The first-order valence-electron chi connectivity index (χ1n) is 5.94. The third-order valence-electron chi connectivity index (χ3n) is 2.76. The van der Waals surface area contributed by atoms with Crippen molar-refractivity contribution in [3.8, 4) is 17.2 Å². The number of benzene rings is 2. The summed E-state index contributed by atoms with van der Waals surface area (Å²) in [4.78, 5) is 10.3. The van der Waals surface area contributed by atoms with E-state index in [0.717, 1.165) is 6.07 Å². The van der Waals surface area contributed by atoms with Crippen LogP contribution in [0.2, 0.25) is 0 Å². The van der Waals surface area contributed by atoms with Gasteiger partial charge in [0.05, 0.1) is 18.6 Å². The number of rotatable bonds is 5. The van der Waals surface area contributed by atoms with E-state index in [1.54, 1.807) is 0 Å². The molecule has 0 aliphatic rings. The summed E-state index contributed by atoms with van der Waals surface area (Å²) >= 11 is 0. The highest BCUT2D eigenvalue weighted by molar-refractivity contribution is 5.52. The highest BCUT2D eigenvalue weighted by Gasteiger charge is 2.18. The molecule has 0 heterocycles. The van der Waals surface area contributed by atoms with E-state index < -0.39 is 10.7 Å². The minimum Gasteiger partial charge on any atom is -0.497 e. The van der Waals surface area contributed by atoms with Gasteiger partial charge >= 0.3 is 5.69 Å². The first kappa shape index (κ1) is 14.7. The van der Waals surface area contributed by atoms with Gasteiger partial charge in [0.25, 0.3) is 0 Å². The monoisotopic (exact) mass is 293 g/mol. The Morgan fingerprint density at radius 3 is 2.57 bits per heavy atom. The van der Waals surface area contributed by atoms with Gasteiger partial charge in [0.1, 0.15) is 5.75 Å². The van der Waals surface area contributed by atoms with Crippen molar-refractivity contribution in [2.45, 2.75) is 6.61 Å². The van der Waals surface area contributed by atoms with Crippen LogP contribution in [-0.4, -0.2) is 17.1 Å². The summed E-state index contributed by atoms with van der Waals surface area (Å²) in [5, 5.41) is 19.9. The van der Waals surface area contributed by atoms with Crippen molar-refractivity contribution in [2.24, 2.45) is 0 Å². The van der Waals surface area contributed by atoms with Gasteiger partial charge in [-0.2, -0.15) is 0 Å². The van der Waals surface area contributed by atoms with E-state index in [1.807, 2.05) is 0 Å². The number of nitro groups is 1. The number of nitro benzene ring substituents is 1. The van der Waals surface area contributed by atoms with Crippen LogP contribution in [0.1, 0.15) is 5.56 Å². The van der Waals surface area contributed by atoms with E-state index in [2.05, 4.69) is 0 Å². The quantitative estimate of drug-likeness (QED) is 0.677. The van der Waals surface area contributed by atoms with Gasteiger partial charge in [0.15, 0.2) is 11.6 Å². The summed E-state index contributed by atoms with van der Waals surface area (Å²) in [6, 6.07) is 7.79. The molecule has 0 fully saturated rings.